The maximum atomic E-state index is 12.1. The van der Waals surface area contributed by atoms with Crippen molar-refractivity contribution in [1.29, 1.82) is 0 Å². The quantitative estimate of drug-likeness (QED) is 0.801. The molecule has 0 N–H and O–H groups in total. The van der Waals surface area contributed by atoms with Gasteiger partial charge < -0.3 is 9.47 Å². The number of rotatable bonds is 4. The number of aromatic nitrogens is 2. The van der Waals surface area contributed by atoms with Crippen molar-refractivity contribution in [3.8, 4) is 5.75 Å². The van der Waals surface area contributed by atoms with Crippen molar-refractivity contribution >= 4 is 11.6 Å². The summed E-state index contributed by atoms with van der Waals surface area (Å²) in [6.45, 7) is 0.693. The number of carbonyl (C=O) groups is 1. The molecule has 0 amide bonds. The molecule has 0 radical (unpaired) electrons. The van der Waals surface area contributed by atoms with E-state index in [4.69, 9.17) is 4.74 Å². The summed E-state index contributed by atoms with van der Waals surface area (Å²) in [5.41, 5.74) is 1.09. The van der Waals surface area contributed by atoms with Gasteiger partial charge in [0.2, 0.25) is 0 Å². The summed E-state index contributed by atoms with van der Waals surface area (Å²) in [5, 5.41) is 0. The molecule has 0 unspecified atom stereocenters. The van der Waals surface area contributed by atoms with Crippen LogP contribution in [0.3, 0.4) is 0 Å². The van der Waals surface area contributed by atoms with Crippen LogP contribution in [0.2, 0.25) is 0 Å². The number of esters is 1. The first-order valence-electron chi connectivity index (χ1n) is 5.63. The van der Waals surface area contributed by atoms with Crippen LogP contribution in [-0.2, 0) is 4.74 Å². The van der Waals surface area contributed by atoms with Gasteiger partial charge in [-0.25, -0.2) is 9.78 Å². The molecule has 2 aromatic heterocycles. The Morgan fingerprint density at radius 1 is 1.53 bits per heavy atom. The normalized spacial score (nSPS) is 11.0. The van der Waals surface area contributed by atoms with Gasteiger partial charge in [0.05, 0.1) is 12.3 Å². The zero-order chi connectivity index (χ0) is 14.0. The van der Waals surface area contributed by atoms with Gasteiger partial charge in [0.15, 0.2) is 5.69 Å². The predicted octanol–water partition coefficient (Wildman–Crippen LogP) is 2.42. The van der Waals surface area contributed by atoms with Gasteiger partial charge in [0.25, 0.3) is 0 Å². The Balaban J connectivity index is 2.45. The molecule has 0 fully saturated rings. The number of pyridine rings is 1. The van der Waals surface area contributed by atoms with Crippen molar-refractivity contribution < 1.29 is 23.0 Å². The molecule has 2 rings (SSSR count). The lowest BCUT2D eigenvalue weighted by Crippen LogP contribution is -2.09. The summed E-state index contributed by atoms with van der Waals surface area (Å²) in [5.74, 6) is -0.516. The number of aryl methyl sites for hydroxylation is 1. The van der Waals surface area contributed by atoms with Crippen molar-refractivity contribution in [1.82, 2.24) is 9.38 Å². The van der Waals surface area contributed by atoms with Crippen LogP contribution in [0.1, 0.15) is 23.1 Å². The van der Waals surface area contributed by atoms with E-state index in [0.29, 0.717) is 11.3 Å². The topological polar surface area (TPSA) is 52.8 Å². The fourth-order valence-electron chi connectivity index (χ4n) is 1.77. The fraction of sp³-hybridized carbons (Fsp3) is 0.333. The fourth-order valence-corrected chi connectivity index (χ4v) is 1.77. The minimum absolute atomic E-state index is 0.0112. The first-order chi connectivity index (χ1) is 9.02. The molecule has 0 saturated heterocycles. The van der Waals surface area contributed by atoms with Gasteiger partial charge in [0, 0.05) is 12.3 Å². The Labute approximate surface area is 107 Å². The highest BCUT2D eigenvalue weighted by atomic mass is 19.3. The van der Waals surface area contributed by atoms with E-state index in [-0.39, 0.29) is 18.1 Å². The first kappa shape index (κ1) is 13.3. The van der Waals surface area contributed by atoms with Gasteiger partial charge >= 0.3 is 12.6 Å². The van der Waals surface area contributed by atoms with Crippen LogP contribution < -0.4 is 4.74 Å². The average Bonchev–Trinajstić information content (AvgIpc) is 2.63. The van der Waals surface area contributed by atoms with E-state index in [9.17, 15) is 13.6 Å². The highest BCUT2D eigenvalue weighted by Gasteiger charge is 2.18. The molecule has 19 heavy (non-hydrogen) atoms. The standard InChI is InChI=1S/C12H12F2N2O3/c1-3-18-11(17)10-7(2)15-9-6-8(19-12(13)14)4-5-16(9)10/h4-6,12H,3H2,1-2H3. The van der Waals surface area contributed by atoms with Crippen molar-refractivity contribution in [2.24, 2.45) is 0 Å². The molecule has 0 bridgehead atoms. The monoisotopic (exact) mass is 270 g/mol. The zero-order valence-electron chi connectivity index (χ0n) is 10.4. The lowest BCUT2D eigenvalue weighted by molar-refractivity contribution is -0.0498. The number of hydrogen-bond donors (Lipinski definition) is 0. The number of carbonyl (C=O) groups excluding carboxylic acids is 1. The molecule has 0 spiro atoms. The maximum absolute atomic E-state index is 12.1. The molecule has 0 aliphatic heterocycles. The highest BCUT2D eigenvalue weighted by Crippen LogP contribution is 2.20. The second-order valence-electron chi connectivity index (χ2n) is 3.74. The maximum Gasteiger partial charge on any atom is 0.387 e. The van der Waals surface area contributed by atoms with Crippen LogP contribution in [0.4, 0.5) is 8.78 Å². The summed E-state index contributed by atoms with van der Waals surface area (Å²) in [6, 6.07) is 2.67. The van der Waals surface area contributed by atoms with E-state index in [1.807, 2.05) is 0 Å². The molecule has 2 aromatic rings. The molecule has 0 aliphatic rings. The Morgan fingerprint density at radius 3 is 2.89 bits per heavy atom. The van der Waals surface area contributed by atoms with E-state index in [2.05, 4.69) is 9.72 Å². The van der Waals surface area contributed by atoms with Gasteiger partial charge in [-0.05, 0) is 19.9 Å². The molecule has 5 nitrogen and oxygen atoms in total. The molecule has 0 aromatic carbocycles. The largest absolute Gasteiger partial charge is 0.461 e. The van der Waals surface area contributed by atoms with Crippen molar-refractivity contribution in [3.63, 3.8) is 0 Å². The van der Waals surface area contributed by atoms with Crippen LogP contribution >= 0.6 is 0 Å². The van der Waals surface area contributed by atoms with Gasteiger partial charge in [0.1, 0.15) is 11.4 Å². The van der Waals surface area contributed by atoms with Crippen LogP contribution in [0.15, 0.2) is 18.3 Å². The van der Waals surface area contributed by atoms with Gasteiger partial charge in [-0.1, -0.05) is 0 Å². The van der Waals surface area contributed by atoms with E-state index < -0.39 is 12.6 Å². The van der Waals surface area contributed by atoms with Crippen LogP contribution in [0.25, 0.3) is 5.65 Å². The Kier molecular flexibility index (Phi) is 3.64. The average molecular weight is 270 g/mol. The number of alkyl halides is 2. The smallest absolute Gasteiger partial charge is 0.387 e. The Hall–Kier alpha value is -2.18. The van der Waals surface area contributed by atoms with Gasteiger partial charge in [-0.3, -0.25) is 4.40 Å². The summed E-state index contributed by atoms with van der Waals surface area (Å²) < 4.78 is 34.9. The number of halogens is 2. The molecule has 2 heterocycles. The van der Waals surface area contributed by atoms with Crippen LogP contribution in [0, 0.1) is 6.92 Å². The number of nitrogens with zero attached hydrogens (tertiary/aromatic N) is 2. The summed E-state index contributed by atoms with van der Waals surface area (Å²) in [7, 11) is 0. The summed E-state index contributed by atoms with van der Waals surface area (Å²) >= 11 is 0. The number of hydrogen-bond acceptors (Lipinski definition) is 4. The molecule has 0 atom stereocenters. The van der Waals surface area contributed by atoms with Gasteiger partial charge in [-0.15, -0.1) is 0 Å². The minimum Gasteiger partial charge on any atom is -0.461 e. The van der Waals surface area contributed by atoms with Crippen molar-refractivity contribution in [2.45, 2.75) is 20.5 Å². The number of ether oxygens (including phenoxy) is 2. The third kappa shape index (κ3) is 2.64. The molecule has 102 valence electrons. The SMILES string of the molecule is CCOC(=O)c1c(C)nc2cc(OC(F)F)ccn12. The summed E-state index contributed by atoms with van der Waals surface area (Å²) in [6.07, 6.45) is 1.44. The van der Waals surface area contributed by atoms with E-state index >= 15 is 0 Å². The zero-order valence-corrected chi connectivity index (χ0v) is 10.4. The lowest BCUT2D eigenvalue weighted by atomic mass is 10.3. The number of imidazole rings is 1. The molecule has 0 aliphatic carbocycles. The van der Waals surface area contributed by atoms with E-state index in [1.54, 1.807) is 13.8 Å². The van der Waals surface area contributed by atoms with Gasteiger partial charge in [-0.2, -0.15) is 8.78 Å². The van der Waals surface area contributed by atoms with Crippen molar-refractivity contribution in [2.75, 3.05) is 6.61 Å². The number of fused-ring (bicyclic) bond motifs is 1. The molecule has 7 heteroatoms. The second-order valence-corrected chi connectivity index (χ2v) is 3.74. The molecular formula is C12H12F2N2O3. The van der Waals surface area contributed by atoms with Crippen molar-refractivity contribution in [3.05, 3.63) is 29.7 Å². The molecular weight excluding hydrogens is 258 g/mol. The van der Waals surface area contributed by atoms with Crippen LogP contribution in [0.5, 0.6) is 5.75 Å². The first-order valence-corrected chi connectivity index (χ1v) is 5.63. The second kappa shape index (κ2) is 5.21. The predicted molar refractivity (Wildman–Crippen MR) is 62.5 cm³/mol. The highest BCUT2D eigenvalue weighted by molar-refractivity contribution is 5.90. The Bertz CT molecular complexity index is 610. The van der Waals surface area contributed by atoms with E-state index in [0.717, 1.165) is 0 Å². The minimum atomic E-state index is -2.90. The lowest BCUT2D eigenvalue weighted by Gasteiger charge is -2.05. The van der Waals surface area contributed by atoms with E-state index in [1.165, 1.54) is 22.7 Å². The Morgan fingerprint density at radius 2 is 2.26 bits per heavy atom. The third-order valence-corrected chi connectivity index (χ3v) is 2.47. The van der Waals surface area contributed by atoms with Crippen LogP contribution in [-0.4, -0.2) is 28.6 Å². The third-order valence-electron chi connectivity index (χ3n) is 2.47. The summed E-state index contributed by atoms with van der Waals surface area (Å²) in [4.78, 5) is 15.9. The molecule has 0 saturated carbocycles.